The average Bonchev–Trinajstić information content (AvgIpc) is 3.46. The predicted octanol–water partition coefficient (Wildman–Crippen LogP) is 4.84. The Morgan fingerprint density at radius 1 is 1.28 bits per heavy atom. The summed E-state index contributed by atoms with van der Waals surface area (Å²) in [5.74, 6) is 1.22. The minimum atomic E-state index is -0.330. The zero-order chi connectivity index (χ0) is 21.6. The molecule has 1 unspecified atom stereocenters. The van der Waals surface area contributed by atoms with Gasteiger partial charge in [0, 0.05) is 26.0 Å². The van der Waals surface area contributed by atoms with Gasteiger partial charge in [-0.25, -0.2) is 9.37 Å². The minimum Gasteiger partial charge on any atom is -0.490 e. The van der Waals surface area contributed by atoms with Gasteiger partial charge in [-0.2, -0.15) is 0 Å². The number of ether oxygens (including phenoxy) is 1. The molecule has 4 rings (SSSR count). The Labute approximate surface area is 205 Å². The molecule has 0 saturated heterocycles. The van der Waals surface area contributed by atoms with Crippen LogP contribution in [0, 0.1) is 11.7 Å². The van der Waals surface area contributed by atoms with Gasteiger partial charge in [-0.1, -0.05) is 24.3 Å². The lowest BCUT2D eigenvalue weighted by Gasteiger charge is -2.20. The molecular formula is C24H29FIN5O. The van der Waals surface area contributed by atoms with Crippen molar-refractivity contribution in [3.8, 4) is 11.4 Å². The Morgan fingerprint density at radius 3 is 2.78 bits per heavy atom. The van der Waals surface area contributed by atoms with Crippen molar-refractivity contribution in [1.29, 1.82) is 0 Å². The van der Waals surface area contributed by atoms with Crippen molar-refractivity contribution in [2.24, 2.45) is 10.9 Å². The fraction of sp³-hybridized carbons (Fsp3) is 0.333. The van der Waals surface area contributed by atoms with Crippen LogP contribution in [0.1, 0.15) is 36.9 Å². The quantitative estimate of drug-likeness (QED) is 0.240. The van der Waals surface area contributed by atoms with Crippen LogP contribution in [0.4, 0.5) is 4.39 Å². The maximum absolute atomic E-state index is 14.4. The molecule has 2 aromatic carbocycles. The highest BCUT2D eigenvalue weighted by Crippen LogP contribution is 2.30. The standard InChI is InChI=1S/C24H28FN5O.HI/c1-17(19-9-10-23(21(25)13-19)31-15-18-7-8-18)29-24(26-2)28-14-20-5-3-4-6-22(20)30-12-11-27-16-30;/h3-6,9-13,16-18H,7-8,14-15H2,1-2H3,(H2,26,28,29);1H. The maximum atomic E-state index is 14.4. The number of halogens is 2. The van der Waals surface area contributed by atoms with Crippen LogP contribution in [0.25, 0.3) is 5.69 Å². The van der Waals surface area contributed by atoms with E-state index in [0.29, 0.717) is 30.8 Å². The van der Waals surface area contributed by atoms with Crippen molar-refractivity contribution in [2.45, 2.75) is 32.4 Å². The molecule has 0 aliphatic heterocycles. The Hall–Kier alpha value is -2.62. The zero-order valence-corrected chi connectivity index (χ0v) is 20.6. The summed E-state index contributed by atoms with van der Waals surface area (Å²) in [5, 5.41) is 6.67. The van der Waals surface area contributed by atoms with Gasteiger partial charge in [0.2, 0.25) is 0 Å². The van der Waals surface area contributed by atoms with Gasteiger partial charge in [-0.05, 0) is 55.0 Å². The van der Waals surface area contributed by atoms with Crippen LogP contribution in [0.15, 0.2) is 66.2 Å². The van der Waals surface area contributed by atoms with Crippen molar-refractivity contribution in [3.63, 3.8) is 0 Å². The number of aromatic nitrogens is 2. The molecule has 1 atom stereocenters. The van der Waals surface area contributed by atoms with Crippen molar-refractivity contribution < 1.29 is 9.13 Å². The van der Waals surface area contributed by atoms with Crippen LogP contribution in [-0.2, 0) is 6.54 Å². The van der Waals surface area contributed by atoms with Crippen LogP contribution >= 0.6 is 24.0 Å². The van der Waals surface area contributed by atoms with E-state index in [4.69, 9.17) is 4.74 Å². The first-order valence-electron chi connectivity index (χ1n) is 10.6. The number of hydrogen-bond acceptors (Lipinski definition) is 3. The smallest absolute Gasteiger partial charge is 0.191 e. The van der Waals surface area contributed by atoms with Crippen molar-refractivity contribution in [1.82, 2.24) is 20.2 Å². The van der Waals surface area contributed by atoms with Gasteiger partial charge >= 0.3 is 0 Å². The molecule has 1 fully saturated rings. The van der Waals surface area contributed by atoms with Crippen LogP contribution in [0.5, 0.6) is 5.75 Å². The van der Waals surface area contributed by atoms with Gasteiger partial charge in [0.15, 0.2) is 17.5 Å². The van der Waals surface area contributed by atoms with Gasteiger partial charge in [-0.3, -0.25) is 4.99 Å². The number of aliphatic imine (C=N–C) groups is 1. The molecular weight excluding hydrogens is 520 g/mol. The highest BCUT2D eigenvalue weighted by atomic mass is 127. The van der Waals surface area contributed by atoms with E-state index in [2.05, 4.69) is 26.7 Å². The second-order valence-electron chi connectivity index (χ2n) is 7.83. The van der Waals surface area contributed by atoms with Crippen LogP contribution in [0.2, 0.25) is 0 Å². The molecule has 1 heterocycles. The van der Waals surface area contributed by atoms with E-state index < -0.39 is 0 Å². The molecule has 1 saturated carbocycles. The molecule has 0 amide bonds. The number of nitrogens with one attached hydrogen (secondary N) is 2. The van der Waals surface area contributed by atoms with E-state index in [9.17, 15) is 4.39 Å². The Balaban J connectivity index is 0.00000289. The highest BCUT2D eigenvalue weighted by Gasteiger charge is 2.22. The summed E-state index contributed by atoms with van der Waals surface area (Å²) in [6.07, 6.45) is 7.81. The van der Waals surface area contributed by atoms with E-state index in [1.165, 1.54) is 18.9 Å². The summed E-state index contributed by atoms with van der Waals surface area (Å²) in [4.78, 5) is 8.44. The number of hydrogen-bond donors (Lipinski definition) is 2. The molecule has 6 nitrogen and oxygen atoms in total. The van der Waals surface area contributed by atoms with E-state index in [0.717, 1.165) is 16.8 Å². The minimum absolute atomic E-state index is 0. The second kappa shape index (κ2) is 11.3. The molecule has 8 heteroatoms. The molecule has 0 bridgehead atoms. The monoisotopic (exact) mass is 549 g/mol. The Morgan fingerprint density at radius 2 is 2.09 bits per heavy atom. The van der Waals surface area contributed by atoms with Gasteiger partial charge < -0.3 is 19.9 Å². The molecule has 32 heavy (non-hydrogen) atoms. The molecule has 0 spiro atoms. The summed E-state index contributed by atoms with van der Waals surface area (Å²) >= 11 is 0. The topological polar surface area (TPSA) is 63.5 Å². The number of imidazole rings is 1. The summed E-state index contributed by atoms with van der Waals surface area (Å²) in [7, 11) is 1.72. The molecule has 1 aliphatic rings. The third-order valence-corrected chi connectivity index (χ3v) is 5.42. The first-order valence-corrected chi connectivity index (χ1v) is 10.6. The lowest BCUT2D eigenvalue weighted by molar-refractivity contribution is 0.285. The zero-order valence-electron chi connectivity index (χ0n) is 18.3. The first kappa shape index (κ1) is 24.0. The lowest BCUT2D eigenvalue weighted by atomic mass is 10.1. The third kappa shape index (κ3) is 6.21. The lowest BCUT2D eigenvalue weighted by Crippen LogP contribution is -2.38. The maximum Gasteiger partial charge on any atom is 0.191 e. The summed E-state index contributed by atoms with van der Waals surface area (Å²) in [6, 6.07) is 13.1. The number of nitrogens with zero attached hydrogens (tertiary/aromatic N) is 3. The average molecular weight is 549 g/mol. The fourth-order valence-electron chi connectivity index (χ4n) is 3.37. The summed E-state index contributed by atoms with van der Waals surface area (Å²) < 4.78 is 22.0. The SMILES string of the molecule is CN=C(NCc1ccccc1-n1ccnc1)NC(C)c1ccc(OCC2CC2)c(F)c1.I. The normalized spacial score (nSPS) is 14.4. The summed E-state index contributed by atoms with van der Waals surface area (Å²) in [5.41, 5.74) is 3.00. The molecule has 1 aliphatic carbocycles. The van der Waals surface area contributed by atoms with Gasteiger partial charge in [0.05, 0.1) is 24.7 Å². The van der Waals surface area contributed by atoms with E-state index in [1.54, 1.807) is 25.6 Å². The van der Waals surface area contributed by atoms with Crippen LogP contribution < -0.4 is 15.4 Å². The molecule has 0 radical (unpaired) electrons. The Bertz CT molecular complexity index is 1040. The third-order valence-electron chi connectivity index (χ3n) is 5.42. The Kier molecular flexibility index (Phi) is 8.49. The molecule has 3 aromatic rings. The first-order chi connectivity index (χ1) is 15.1. The molecule has 1 aromatic heterocycles. The van der Waals surface area contributed by atoms with Crippen LogP contribution in [0.3, 0.4) is 0 Å². The predicted molar refractivity (Wildman–Crippen MR) is 135 cm³/mol. The fourth-order valence-corrected chi connectivity index (χ4v) is 3.37. The largest absolute Gasteiger partial charge is 0.490 e. The molecule has 2 N–H and O–H groups in total. The van der Waals surface area contributed by atoms with E-state index in [1.807, 2.05) is 42.0 Å². The van der Waals surface area contributed by atoms with E-state index in [-0.39, 0.29) is 35.8 Å². The highest BCUT2D eigenvalue weighted by molar-refractivity contribution is 14.0. The second-order valence-corrected chi connectivity index (χ2v) is 7.83. The molecule has 170 valence electrons. The van der Waals surface area contributed by atoms with Crippen LogP contribution in [-0.4, -0.2) is 29.2 Å². The van der Waals surface area contributed by atoms with Crippen molar-refractivity contribution in [2.75, 3.05) is 13.7 Å². The van der Waals surface area contributed by atoms with Gasteiger partial charge in [0.1, 0.15) is 0 Å². The number of guanidine groups is 1. The number of benzene rings is 2. The summed E-state index contributed by atoms with van der Waals surface area (Å²) in [6.45, 7) is 3.16. The number of para-hydroxylation sites is 1. The van der Waals surface area contributed by atoms with Crippen molar-refractivity contribution >= 4 is 29.9 Å². The van der Waals surface area contributed by atoms with Crippen molar-refractivity contribution in [3.05, 3.63) is 78.1 Å². The van der Waals surface area contributed by atoms with E-state index >= 15 is 0 Å². The van der Waals surface area contributed by atoms with Gasteiger partial charge in [-0.15, -0.1) is 24.0 Å². The van der Waals surface area contributed by atoms with Gasteiger partial charge in [0.25, 0.3) is 0 Å². The number of rotatable bonds is 8.